The molecule has 0 fully saturated rings. The summed E-state index contributed by atoms with van der Waals surface area (Å²) in [5.74, 6) is 1.15. The van der Waals surface area contributed by atoms with Gasteiger partial charge in [-0.15, -0.1) is 0 Å². The first-order valence-corrected chi connectivity index (χ1v) is 7.08. The fourth-order valence-corrected chi connectivity index (χ4v) is 2.26. The second-order valence-corrected chi connectivity index (χ2v) is 5.21. The van der Waals surface area contributed by atoms with Crippen molar-refractivity contribution < 1.29 is 0 Å². The lowest BCUT2D eigenvalue weighted by atomic mass is 10.2. The summed E-state index contributed by atoms with van der Waals surface area (Å²) in [5, 5.41) is 0. The highest BCUT2D eigenvalue weighted by Gasteiger charge is 2.06. The fourth-order valence-electron chi connectivity index (χ4n) is 1.72. The molecule has 2 nitrogen and oxygen atoms in total. The van der Waals surface area contributed by atoms with Gasteiger partial charge in [-0.05, 0) is 31.0 Å². The first-order chi connectivity index (χ1) is 7.72. The van der Waals surface area contributed by atoms with Crippen molar-refractivity contribution in [3.63, 3.8) is 0 Å². The first kappa shape index (κ1) is 13.6. The smallest absolute Gasteiger partial charge is 0.0231 e. The Balaban J connectivity index is 2.27. The Kier molecular flexibility index (Phi) is 6.53. The van der Waals surface area contributed by atoms with Gasteiger partial charge in [0.05, 0.1) is 0 Å². The van der Waals surface area contributed by atoms with Crippen LogP contribution in [0.3, 0.4) is 0 Å². The topological polar surface area (TPSA) is 29.3 Å². The Bertz CT molecular complexity index is 277. The Hall–Kier alpha value is -0.510. The molecule has 0 bridgehead atoms. The van der Waals surface area contributed by atoms with Crippen molar-refractivity contribution >= 4 is 11.8 Å². The highest BCUT2D eigenvalue weighted by Crippen LogP contribution is 2.05. The second-order valence-electron chi connectivity index (χ2n) is 4.22. The summed E-state index contributed by atoms with van der Waals surface area (Å²) in [4.78, 5) is 2.29. The Morgan fingerprint density at radius 3 is 2.62 bits per heavy atom. The van der Waals surface area contributed by atoms with Crippen molar-refractivity contribution in [2.45, 2.75) is 19.0 Å². The van der Waals surface area contributed by atoms with Crippen LogP contribution in [0.15, 0.2) is 30.3 Å². The predicted molar refractivity (Wildman–Crippen MR) is 73.8 cm³/mol. The monoisotopic (exact) mass is 238 g/mol. The number of hydrogen-bond acceptors (Lipinski definition) is 3. The standard InChI is InChI=1S/C13H22N2S/c1-15(11-13(14)8-9-16-2)10-12-6-4-3-5-7-12/h3-7,13H,8-11,14H2,1-2H3/t13-/m1/s1. The molecule has 0 saturated carbocycles. The van der Waals surface area contributed by atoms with Crippen LogP contribution in [0.2, 0.25) is 0 Å². The molecule has 0 radical (unpaired) electrons. The number of hydrogen-bond donors (Lipinski definition) is 1. The van der Waals surface area contributed by atoms with E-state index >= 15 is 0 Å². The maximum absolute atomic E-state index is 6.06. The summed E-state index contributed by atoms with van der Waals surface area (Å²) in [5.41, 5.74) is 7.41. The molecule has 1 atom stereocenters. The van der Waals surface area contributed by atoms with Gasteiger partial charge in [-0.3, -0.25) is 0 Å². The van der Waals surface area contributed by atoms with E-state index in [2.05, 4.69) is 42.5 Å². The van der Waals surface area contributed by atoms with Crippen LogP contribution in [0.25, 0.3) is 0 Å². The SMILES string of the molecule is CSCC[C@@H](N)CN(C)Cc1ccccc1. The third-order valence-corrected chi connectivity index (χ3v) is 3.18. The van der Waals surface area contributed by atoms with E-state index in [9.17, 15) is 0 Å². The van der Waals surface area contributed by atoms with Crippen LogP contribution in [-0.4, -0.2) is 36.5 Å². The highest BCUT2D eigenvalue weighted by molar-refractivity contribution is 7.98. The molecular formula is C13H22N2S. The lowest BCUT2D eigenvalue weighted by Gasteiger charge is -2.21. The van der Waals surface area contributed by atoms with Gasteiger partial charge < -0.3 is 10.6 Å². The maximum Gasteiger partial charge on any atom is 0.0231 e. The number of nitrogens with zero attached hydrogens (tertiary/aromatic N) is 1. The third kappa shape index (κ3) is 5.54. The van der Waals surface area contributed by atoms with Crippen LogP contribution < -0.4 is 5.73 Å². The summed E-state index contributed by atoms with van der Waals surface area (Å²) in [6, 6.07) is 10.8. The molecule has 0 aliphatic rings. The zero-order valence-electron chi connectivity index (χ0n) is 10.2. The third-order valence-electron chi connectivity index (χ3n) is 2.53. The zero-order chi connectivity index (χ0) is 11.8. The summed E-state index contributed by atoms with van der Waals surface area (Å²) < 4.78 is 0. The molecule has 0 aliphatic carbocycles. The molecule has 3 heteroatoms. The van der Waals surface area contributed by atoms with Crippen LogP contribution in [0, 0.1) is 0 Å². The fraction of sp³-hybridized carbons (Fsp3) is 0.538. The molecule has 2 N–H and O–H groups in total. The summed E-state index contributed by atoms with van der Waals surface area (Å²) >= 11 is 1.86. The molecule has 0 spiro atoms. The van der Waals surface area contributed by atoms with Gasteiger partial charge in [0.2, 0.25) is 0 Å². The molecule has 1 aromatic carbocycles. The highest BCUT2D eigenvalue weighted by atomic mass is 32.2. The molecule has 0 heterocycles. The molecule has 0 saturated heterocycles. The Morgan fingerprint density at radius 2 is 2.00 bits per heavy atom. The van der Waals surface area contributed by atoms with E-state index < -0.39 is 0 Å². The molecule has 16 heavy (non-hydrogen) atoms. The van der Waals surface area contributed by atoms with Crippen LogP contribution in [-0.2, 0) is 6.54 Å². The normalized spacial score (nSPS) is 13.0. The first-order valence-electron chi connectivity index (χ1n) is 5.69. The summed E-state index contributed by atoms with van der Waals surface area (Å²) in [6.07, 6.45) is 3.22. The average Bonchev–Trinajstić information content (AvgIpc) is 2.27. The van der Waals surface area contributed by atoms with Crippen LogP contribution in [0.4, 0.5) is 0 Å². The quantitative estimate of drug-likeness (QED) is 0.789. The molecule has 1 rings (SSSR count). The van der Waals surface area contributed by atoms with Gasteiger partial charge in [-0.25, -0.2) is 0 Å². The van der Waals surface area contributed by atoms with Crippen molar-refractivity contribution in [3.05, 3.63) is 35.9 Å². The summed E-state index contributed by atoms with van der Waals surface area (Å²) in [6.45, 7) is 1.95. The van der Waals surface area contributed by atoms with Crippen LogP contribution >= 0.6 is 11.8 Å². The van der Waals surface area contributed by atoms with Crippen molar-refractivity contribution in [2.24, 2.45) is 5.73 Å². The molecule has 90 valence electrons. The van der Waals surface area contributed by atoms with Gasteiger partial charge in [-0.2, -0.15) is 11.8 Å². The molecular weight excluding hydrogens is 216 g/mol. The van der Waals surface area contributed by atoms with Crippen molar-refractivity contribution in [3.8, 4) is 0 Å². The molecule has 0 amide bonds. The summed E-state index contributed by atoms with van der Waals surface area (Å²) in [7, 11) is 2.13. The van der Waals surface area contributed by atoms with Gasteiger partial charge >= 0.3 is 0 Å². The van der Waals surface area contributed by atoms with E-state index in [0.717, 1.165) is 25.3 Å². The van der Waals surface area contributed by atoms with Crippen molar-refractivity contribution in [1.29, 1.82) is 0 Å². The second kappa shape index (κ2) is 7.71. The lowest BCUT2D eigenvalue weighted by Crippen LogP contribution is -2.35. The van der Waals surface area contributed by atoms with Gasteiger partial charge in [0, 0.05) is 19.1 Å². The molecule has 0 aliphatic heterocycles. The zero-order valence-corrected chi connectivity index (χ0v) is 11.0. The van der Waals surface area contributed by atoms with E-state index in [-0.39, 0.29) is 0 Å². The van der Waals surface area contributed by atoms with E-state index in [1.807, 2.05) is 17.8 Å². The minimum absolute atomic E-state index is 0.293. The molecule has 1 aromatic rings. The predicted octanol–water partition coefficient (Wildman–Crippen LogP) is 2.20. The average molecular weight is 238 g/mol. The number of likely N-dealkylation sites (N-methyl/N-ethyl adjacent to an activating group) is 1. The van der Waals surface area contributed by atoms with Crippen LogP contribution in [0.1, 0.15) is 12.0 Å². The molecule has 0 unspecified atom stereocenters. The van der Waals surface area contributed by atoms with Gasteiger partial charge in [0.25, 0.3) is 0 Å². The minimum atomic E-state index is 0.293. The Morgan fingerprint density at radius 1 is 1.31 bits per heavy atom. The van der Waals surface area contributed by atoms with Crippen molar-refractivity contribution in [1.82, 2.24) is 4.90 Å². The lowest BCUT2D eigenvalue weighted by molar-refractivity contribution is 0.301. The Labute approximate surface area is 103 Å². The van der Waals surface area contributed by atoms with E-state index in [1.165, 1.54) is 5.56 Å². The van der Waals surface area contributed by atoms with Crippen LogP contribution in [0.5, 0.6) is 0 Å². The van der Waals surface area contributed by atoms with Gasteiger partial charge in [0.15, 0.2) is 0 Å². The largest absolute Gasteiger partial charge is 0.327 e. The number of benzene rings is 1. The van der Waals surface area contributed by atoms with E-state index in [0.29, 0.717) is 6.04 Å². The van der Waals surface area contributed by atoms with E-state index in [1.54, 1.807) is 0 Å². The minimum Gasteiger partial charge on any atom is -0.327 e. The van der Waals surface area contributed by atoms with Gasteiger partial charge in [0.1, 0.15) is 0 Å². The maximum atomic E-state index is 6.06. The van der Waals surface area contributed by atoms with Gasteiger partial charge in [-0.1, -0.05) is 30.3 Å². The number of nitrogens with two attached hydrogens (primary N) is 1. The van der Waals surface area contributed by atoms with E-state index in [4.69, 9.17) is 5.73 Å². The number of rotatable bonds is 7. The molecule has 0 aromatic heterocycles. The number of thioether (sulfide) groups is 1. The van der Waals surface area contributed by atoms with Crippen molar-refractivity contribution in [2.75, 3.05) is 25.6 Å².